The molecule has 1 aliphatic heterocycles. The number of amides is 2. The van der Waals surface area contributed by atoms with Gasteiger partial charge < -0.3 is 34.5 Å². The first-order chi connectivity index (χ1) is 20.5. The van der Waals surface area contributed by atoms with Gasteiger partial charge >= 0.3 is 12.0 Å². The van der Waals surface area contributed by atoms with Gasteiger partial charge in [-0.3, -0.25) is 5.43 Å². The lowest BCUT2D eigenvalue weighted by atomic mass is 9.95. The smallest absolute Gasteiger partial charge is 0.337 e. The zero-order valence-corrected chi connectivity index (χ0v) is 25.6. The van der Waals surface area contributed by atoms with E-state index in [2.05, 4.69) is 57.8 Å². The Hall–Kier alpha value is -4.77. The van der Waals surface area contributed by atoms with Gasteiger partial charge in [0.2, 0.25) is 0 Å². The summed E-state index contributed by atoms with van der Waals surface area (Å²) in [4.78, 5) is 24.6. The number of aliphatic hydroxyl groups is 1. The van der Waals surface area contributed by atoms with Gasteiger partial charge in [0, 0.05) is 28.3 Å². The van der Waals surface area contributed by atoms with Crippen LogP contribution in [0.15, 0.2) is 58.8 Å². The van der Waals surface area contributed by atoms with E-state index in [1.54, 1.807) is 31.3 Å². The van der Waals surface area contributed by atoms with Crippen molar-refractivity contribution in [1.29, 1.82) is 0 Å². The molecule has 2 atom stereocenters. The Bertz CT molecular complexity index is 1550. The third-order valence-corrected chi connectivity index (χ3v) is 7.03. The molecule has 2 amide bonds. The Balaban J connectivity index is 1.44. The van der Waals surface area contributed by atoms with Crippen molar-refractivity contribution < 1.29 is 28.9 Å². The molecule has 11 heteroatoms. The Kier molecular flexibility index (Phi) is 9.77. The summed E-state index contributed by atoms with van der Waals surface area (Å²) in [5.74, 6) is 0.215. The van der Waals surface area contributed by atoms with Crippen LogP contribution in [0.2, 0.25) is 0 Å². The first kappa shape index (κ1) is 31.2. The van der Waals surface area contributed by atoms with Crippen LogP contribution in [0.3, 0.4) is 0 Å². The lowest BCUT2D eigenvalue weighted by molar-refractivity contribution is -0.136. The summed E-state index contributed by atoms with van der Waals surface area (Å²) in [5.41, 5.74) is 10.5. The molecule has 0 bridgehead atoms. The lowest BCUT2D eigenvalue weighted by Crippen LogP contribution is -2.45. The Morgan fingerprint density at radius 2 is 1.79 bits per heavy atom. The van der Waals surface area contributed by atoms with E-state index < -0.39 is 24.3 Å². The molecule has 2 heterocycles. The predicted molar refractivity (Wildman–Crippen MR) is 164 cm³/mol. The number of nitrogens with zero attached hydrogens (tertiary/aromatic N) is 2. The number of esters is 1. The molecule has 4 N–H and O–H groups in total. The van der Waals surface area contributed by atoms with Gasteiger partial charge in [-0.05, 0) is 88.6 Å². The molecule has 43 heavy (non-hydrogen) atoms. The number of urea groups is 1. The molecular weight excluding hydrogens is 550 g/mol. The number of hydrogen-bond donors (Lipinski definition) is 4. The number of rotatable bonds is 11. The fourth-order valence-electron chi connectivity index (χ4n) is 5.21. The third kappa shape index (κ3) is 7.18. The van der Waals surface area contributed by atoms with Crippen LogP contribution in [0.4, 0.5) is 4.79 Å². The number of aryl methyl sites for hydroxylation is 3. The van der Waals surface area contributed by atoms with Crippen LogP contribution in [0.5, 0.6) is 11.5 Å². The molecule has 2 aromatic carbocycles. The number of nitrogens with one attached hydrogen (secondary N) is 3. The van der Waals surface area contributed by atoms with Gasteiger partial charge in [-0.1, -0.05) is 12.1 Å². The second-order valence-electron chi connectivity index (χ2n) is 10.4. The van der Waals surface area contributed by atoms with Crippen molar-refractivity contribution in [3.63, 3.8) is 0 Å². The molecule has 0 spiro atoms. The number of allylic oxidation sites excluding steroid dienone is 1. The summed E-state index contributed by atoms with van der Waals surface area (Å²) in [5, 5.41) is 20.1. The summed E-state index contributed by atoms with van der Waals surface area (Å²) in [6.07, 6.45) is 0.570. The van der Waals surface area contributed by atoms with Gasteiger partial charge in [-0.2, -0.15) is 5.10 Å². The minimum atomic E-state index is -1.10. The van der Waals surface area contributed by atoms with E-state index in [9.17, 15) is 14.7 Å². The number of aliphatic hydroxyl groups excluding tert-OH is 1. The van der Waals surface area contributed by atoms with Gasteiger partial charge in [0.25, 0.3) is 0 Å². The van der Waals surface area contributed by atoms with Crippen molar-refractivity contribution in [3.8, 4) is 17.2 Å². The number of aromatic nitrogens is 1. The van der Waals surface area contributed by atoms with Crippen molar-refractivity contribution in [1.82, 2.24) is 20.6 Å². The molecule has 11 nitrogen and oxygen atoms in total. The van der Waals surface area contributed by atoms with E-state index in [-0.39, 0.29) is 12.2 Å². The van der Waals surface area contributed by atoms with Crippen molar-refractivity contribution in [3.05, 3.63) is 87.4 Å². The highest BCUT2D eigenvalue weighted by Gasteiger charge is 2.32. The molecule has 4 rings (SSSR count). The summed E-state index contributed by atoms with van der Waals surface area (Å²) in [6.45, 7) is 11.9. The predicted octanol–water partition coefficient (Wildman–Crippen LogP) is 4.23. The molecule has 3 aromatic rings. The van der Waals surface area contributed by atoms with Gasteiger partial charge in [0.05, 0.1) is 31.5 Å². The standard InChI is InChI=1S/C32H39N5O6/c1-8-42-27-15-23(30-29(31(39)41-7)21(5)34-32(40)35-30)9-10-26(27)43-17-28(38)36-33-16-24-14-20(4)37(22(24)6)25-12-18(2)11-19(3)13-25/h9-16,28,30,36,38H,8,17H2,1-7H3,(H2,34,35,40)/b33-16-/t28-,30+/m1/s1. The molecule has 0 unspecified atom stereocenters. The highest BCUT2D eigenvalue weighted by Crippen LogP contribution is 2.35. The molecule has 0 saturated carbocycles. The summed E-state index contributed by atoms with van der Waals surface area (Å²) < 4.78 is 18.7. The van der Waals surface area contributed by atoms with Gasteiger partial charge in [0.1, 0.15) is 6.61 Å². The molecule has 1 aromatic heterocycles. The number of carbonyl (C=O) groups is 2. The quantitative estimate of drug-likeness (QED) is 0.114. The summed E-state index contributed by atoms with van der Waals surface area (Å²) in [6, 6.07) is 12.4. The second-order valence-corrected chi connectivity index (χ2v) is 10.4. The third-order valence-electron chi connectivity index (χ3n) is 7.03. The van der Waals surface area contributed by atoms with Crippen molar-refractivity contribution in [2.75, 3.05) is 20.3 Å². The number of benzene rings is 2. The summed E-state index contributed by atoms with van der Waals surface area (Å²) in [7, 11) is 1.28. The van der Waals surface area contributed by atoms with Gasteiger partial charge in [0.15, 0.2) is 17.7 Å². The average molecular weight is 590 g/mol. The first-order valence-electron chi connectivity index (χ1n) is 14.0. The van der Waals surface area contributed by atoms with E-state index in [1.165, 1.54) is 18.2 Å². The molecule has 0 fully saturated rings. The van der Waals surface area contributed by atoms with Crippen LogP contribution in [0.25, 0.3) is 5.69 Å². The van der Waals surface area contributed by atoms with Crippen molar-refractivity contribution >= 4 is 18.2 Å². The van der Waals surface area contributed by atoms with Crippen molar-refractivity contribution in [2.24, 2.45) is 5.10 Å². The van der Waals surface area contributed by atoms with Gasteiger partial charge in [-0.15, -0.1) is 0 Å². The summed E-state index contributed by atoms with van der Waals surface area (Å²) >= 11 is 0. The van der Waals surface area contributed by atoms with E-state index >= 15 is 0 Å². The molecule has 0 saturated heterocycles. The van der Waals surface area contributed by atoms with E-state index in [1.807, 2.05) is 26.8 Å². The average Bonchev–Trinajstić information content (AvgIpc) is 3.23. The fraction of sp³-hybridized carbons (Fsp3) is 0.344. The van der Waals surface area contributed by atoms with Gasteiger partial charge in [-0.25, -0.2) is 9.59 Å². The molecule has 0 aliphatic carbocycles. The van der Waals surface area contributed by atoms with Crippen molar-refractivity contribution in [2.45, 2.75) is 53.8 Å². The largest absolute Gasteiger partial charge is 0.490 e. The Morgan fingerprint density at radius 1 is 1.07 bits per heavy atom. The molecule has 228 valence electrons. The number of carbonyl (C=O) groups excluding carboxylic acids is 2. The SMILES string of the molecule is CCOc1cc([C@@H]2NC(=O)NC(C)=C2C(=O)OC)ccc1OC[C@@H](O)N/N=C\c1cc(C)n(-c2cc(C)cc(C)c2)c1C. The Labute approximate surface area is 251 Å². The Morgan fingerprint density at radius 3 is 2.47 bits per heavy atom. The monoisotopic (exact) mass is 589 g/mol. The minimum absolute atomic E-state index is 0.116. The maximum absolute atomic E-state index is 12.5. The minimum Gasteiger partial charge on any atom is -0.490 e. The number of methoxy groups -OCH3 is 1. The number of hydrazone groups is 1. The van der Waals surface area contributed by atoms with E-state index in [4.69, 9.17) is 14.2 Å². The molecule has 1 aliphatic rings. The second kappa shape index (κ2) is 13.5. The topological polar surface area (TPSA) is 135 Å². The normalized spacial score (nSPS) is 15.6. The fourth-order valence-corrected chi connectivity index (χ4v) is 5.21. The maximum Gasteiger partial charge on any atom is 0.337 e. The van der Waals surface area contributed by atoms with Crippen LogP contribution in [-0.4, -0.2) is 54.4 Å². The van der Waals surface area contributed by atoms with Crippen LogP contribution >= 0.6 is 0 Å². The molecule has 0 radical (unpaired) electrons. The number of ether oxygens (including phenoxy) is 3. The van der Waals surface area contributed by atoms with E-state index in [0.717, 1.165) is 22.6 Å². The maximum atomic E-state index is 12.5. The zero-order valence-electron chi connectivity index (χ0n) is 25.6. The number of hydrogen-bond acceptors (Lipinski definition) is 8. The highest BCUT2D eigenvalue weighted by atomic mass is 16.5. The van der Waals surface area contributed by atoms with Crippen LogP contribution in [-0.2, 0) is 9.53 Å². The van der Waals surface area contributed by atoms with Crippen LogP contribution in [0.1, 0.15) is 53.5 Å². The highest BCUT2D eigenvalue weighted by molar-refractivity contribution is 5.95. The zero-order chi connectivity index (χ0) is 31.3. The van der Waals surface area contributed by atoms with Crippen LogP contribution in [0, 0.1) is 27.7 Å². The first-order valence-corrected chi connectivity index (χ1v) is 14.0. The molecular formula is C32H39N5O6. The lowest BCUT2D eigenvalue weighted by Gasteiger charge is -2.28. The van der Waals surface area contributed by atoms with E-state index in [0.29, 0.717) is 29.4 Å². The van der Waals surface area contributed by atoms with Crippen LogP contribution < -0.4 is 25.5 Å².